The summed E-state index contributed by atoms with van der Waals surface area (Å²) in [6, 6.07) is 0. The van der Waals surface area contributed by atoms with Gasteiger partial charge in [0.25, 0.3) is 0 Å². The molecule has 4 heteroatoms. The van der Waals surface area contributed by atoms with Gasteiger partial charge >= 0.3 is 0 Å². The van der Waals surface area contributed by atoms with E-state index in [9.17, 15) is 9.18 Å². The van der Waals surface area contributed by atoms with Gasteiger partial charge in [0.1, 0.15) is 11.5 Å². The molecule has 0 bridgehead atoms. The van der Waals surface area contributed by atoms with Crippen LogP contribution in [0.2, 0.25) is 0 Å². The number of aromatic nitrogens is 2. The average molecular weight is 246 g/mol. The zero-order valence-electron chi connectivity index (χ0n) is 10.3. The van der Waals surface area contributed by atoms with Gasteiger partial charge in [-0.05, 0) is 18.1 Å². The molecule has 0 radical (unpaired) electrons. The molecule has 0 aromatic carbocycles. The number of hydrogen-bond donors (Lipinski definition) is 0. The molecular weight excluding hydrogens is 231 g/mol. The zero-order chi connectivity index (χ0) is 13.0. The van der Waals surface area contributed by atoms with Crippen molar-refractivity contribution in [1.29, 1.82) is 0 Å². The Labute approximate surface area is 105 Å². The van der Waals surface area contributed by atoms with E-state index in [0.29, 0.717) is 18.7 Å². The number of rotatable bonds is 3. The van der Waals surface area contributed by atoms with Crippen molar-refractivity contribution in [3.8, 4) is 0 Å². The van der Waals surface area contributed by atoms with Crippen molar-refractivity contribution in [2.45, 2.75) is 26.3 Å². The van der Waals surface area contributed by atoms with Crippen LogP contribution < -0.4 is 0 Å². The van der Waals surface area contributed by atoms with Crippen molar-refractivity contribution in [1.82, 2.24) is 9.55 Å². The van der Waals surface area contributed by atoms with Crippen LogP contribution in [0.4, 0.5) is 4.39 Å². The molecule has 18 heavy (non-hydrogen) atoms. The lowest BCUT2D eigenvalue weighted by atomic mass is 10.1. The van der Waals surface area contributed by atoms with Crippen molar-refractivity contribution in [3.05, 3.63) is 53.9 Å². The fraction of sp³-hybridized carbons (Fsp3) is 0.286. The Morgan fingerprint density at radius 1 is 1.39 bits per heavy atom. The third-order valence-corrected chi connectivity index (χ3v) is 2.74. The molecule has 0 saturated heterocycles. The van der Waals surface area contributed by atoms with Crippen LogP contribution in [-0.4, -0.2) is 15.3 Å². The molecule has 0 N–H and O–H groups in total. The summed E-state index contributed by atoms with van der Waals surface area (Å²) in [5.74, 6) is -0.190. The summed E-state index contributed by atoms with van der Waals surface area (Å²) >= 11 is 0. The quantitative estimate of drug-likeness (QED) is 0.606. The summed E-state index contributed by atoms with van der Waals surface area (Å²) in [6.45, 7) is 2.11. The van der Waals surface area contributed by atoms with Gasteiger partial charge in [0.05, 0.1) is 6.33 Å². The monoisotopic (exact) mass is 246 g/mol. The minimum atomic E-state index is -0.140. The number of ketones is 1. The first-order chi connectivity index (χ1) is 8.65. The molecular formula is C14H15FN2O. The maximum atomic E-state index is 13.1. The van der Waals surface area contributed by atoms with Gasteiger partial charge in [-0.25, -0.2) is 9.37 Å². The van der Waals surface area contributed by atoms with Crippen LogP contribution in [0.1, 0.15) is 30.3 Å². The van der Waals surface area contributed by atoms with Crippen LogP contribution in [0.15, 0.2) is 48.2 Å². The van der Waals surface area contributed by atoms with Crippen LogP contribution in [0.3, 0.4) is 0 Å². The lowest BCUT2D eigenvalue weighted by molar-refractivity contribution is 0.101. The Hall–Kier alpha value is -1.97. The van der Waals surface area contributed by atoms with Crippen LogP contribution in [-0.2, 0) is 6.54 Å². The fourth-order valence-electron chi connectivity index (χ4n) is 1.76. The molecule has 1 aromatic heterocycles. The number of allylic oxidation sites excluding steroid dienone is 6. The average Bonchev–Trinajstić information content (AvgIpc) is 2.77. The summed E-state index contributed by atoms with van der Waals surface area (Å²) in [4.78, 5) is 15.2. The van der Waals surface area contributed by atoms with Gasteiger partial charge in [0.15, 0.2) is 5.78 Å². The highest BCUT2D eigenvalue weighted by Gasteiger charge is 2.05. The van der Waals surface area contributed by atoms with Crippen LogP contribution >= 0.6 is 0 Å². The third-order valence-electron chi connectivity index (χ3n) is 2.74. The maximum Gasteiger partial charge on any atom is 0.179 e. The molecule has 0 fully saturated rings. The molecule has 94 valence electrons. The second-order valence-corrected chi connectivity index (χ2v) is 4.31. The summed E-state index contributed by atoms with van der Waals surface area (Å²) in [5.41, 5.74) is 1.53. The number of halogens is 1. The molecule has 0 atom stereocenters. The Morgan fingerprint density at radius 3 is 2.89 bits per heavy atom. The smallest absolute Gasteiger partial charge is 0.179 e. The van der Waals surface area contributed by atoms with Gasteiger partial charge in [-0.15, -0.1) is 0 Å². The molecule has 0 saturated carbocycles. The van der Waals surface area contributed by atoms with Gasteiger partial charge in [0.2, 0.25) is 0 Å². The van der Waals surface area contributed by atoms with E-state index >= 15 is 0 Å². The number of carbonyl (C=O) groups excluding carboxylic acids is 1. The number of carbonyl (C=O) groups is 1. The van der Waals surface area contributed by atoms with Gasteiger partial charge < -0.3 is 4.57 Å². The molecule has 0 unspecified atom stereocenters. The Kier molecular flexibility index (Phi) is 3.87. The summed E-state index contributed by atoms with van der Waals surface area (Å²) in [5, 5.41) is 0. The normalized spacial score (nSPS) is 23.2. The SMILES string of the molecule is CC(=O)c1cn(C/C2=C/C=C(/F)C/C=C\C2)cn1. The molecule has 1 aromatic rings. The van der Waals surface area contributed by atoms with E-state index in [1.807, 2.05) is 16.7 Å². The van der Waals surface area contributed by atoms with E-state index in [1.165, 1.54) is 13.0 Å². The lowest BCUT2D eigenvalue weighted by Crippen LogP contribution is -1.99. The molecule has 0 amide bonds. The van der Waals surface area contributed by atoms with E-state index < -0.39 is 0 Å². The van der Waals surface area contributed by atoms with Crippen LogP contribution in [0, 0.1) is 0 Å². The predicted octanol–water partition coefficient (Wildman–Crippen LogP) is 3.22. The van der Waals surface area contributed by atoms with Crippen LogP contribution in [0.5, 0.6) is 0 Å². The van der Waals surface area contributed by atoms with E-state index in [0.717, 1.165) is 12.0 Å². The molecule has 3 nitrogen and oxygen atoms in total. The van der Waals surface area contributed by atoms with Crippen molar-refractivity contribution in [2.24, 2.45) is 0 Å². The van der Waals surface area contributed by atoms with Gasteiger partial charge in [-0.3, -0.25) is 4.79 Å². The van der Waals surface area contributed by atoms with Gasteiger partial charge in [-0.1, -0.05) is 18.2 Å². The topological polar surface area (TPSA) is 34.9 Å². The molecule has 1 aliphatic rings. The third kappa shape index (κ3) is 3.26. The number of nitrogens with zero attached hydrogens (tertiary/aromatic N) is 2. The lowest BCUT2D eigenvalue weighted by Gasteiger charge is -2.06. The number of imidazole rings is 1. The number of hydrogen-bond acceptors (Lipinski definition) is 2. The fourth-order valence-corrected chi connectivity index (χ4v) is 1.76. The first kappa shape index (κ1) is 12.5. The van der Waals surface area contributed by atoms with E-state index in [2.05, 4.69) is 4.98 Å². The first-order valence-corrected chi connectivity index (χ1v) is 5.87. The zero-order valence-corrected chi connectivity index (χ0v) is 10.3. The molecule has 1 heterocycles. The van der Waals surface area contributed by atoms with Crippen molar-refractivity contribution < 1.29 is 9.18 Å². The van der Waals surface area contributed by atoms with Crippen LogP contribution in [0.25, 0.3) is 0 Å². The highest BCUT2D eigenvalue weighted by atomic mass is 19.1. The summed E-state index contributed by atoms with van der Waals surface area (Å²) in [7, 11) is 0. The Morgan fingerprint density at radius 2 is 2.17 bits per heavy atom. The van der Waals surface area contributed by atoms with E-state index in [-0.39, 0.29) is 11.6 Å². The minimum absolute atomic E-state index is 0.0498. The Balaban J connectivity index is 2.12. The van der Waals surface area contributed by atoms with Gasteiger partial charge in [-0.2, -0.15) is 0 Å². The van der Waals surface area contributed by atoms with Crippen molar-refractivity contribution >= 4 is 5.78 Å². The highest BCUT2D eigenvalue weighted by Crippen LogP contribution is 2.14. The summed E-state index contributed by atoms with van der Waals surface area (Å²) < 4.78 is 15.0. The standard InChI is InChI=1S/C14H15FN2O/c1-11(18)14-9-17(10-16-14)8-12-4-2-3-5-13(15)7-6-12/h2-3,6-7,9-10H,4-5,8H2,1H3/b3-2-,12-6+,13-7+. The molecule has 0 spiro atoms. The van der Waals surface area contributed by atoms with E-state index in [4.69, 9.17) is 0 Å². The molecule has 2 rings (SSSR count). The van der Waals surface area contributed by atoms with Gasteiger partial charge in [0, 0.05) is 26.1 Å². The predicted molar refractivity (Wildman–Crippen MR) is 67.9 cm³/mol. The molecule has 0 aliphatic heterocycles. The van der Waals surface area contributed by atoms with E-state index in [1.54, 1.807) is 18.6 Å². The maximum absolute atomic E-state index is 13.1. The largest absolute Gasteiger partial charge is 0.333 e. The molecule has 1 aliphatic carbocycles. The second-order valence-electron chi connectivity index (χ2n) is 4.31. The minimum Gasteiger partial charge on any atom is -0.333 e. The van der Waals surface area contributed by atoms with Crippen molar-refractivity contribution in [3.63, 3.8) is 0 Å². The number of Topliss-reactive ketones (excluding diaryl/α,β-unsaturated/α-hetero) is 1. The first-order valence-electron chi connectivity index (χ1n) is 5.87. The Bertz CT molecular complexity index is 538. The van der Waals surface area contributed by atoms with Crippen molar-refractivity contribution in [2.75, 3.05) is 0 Å². The summed E-state index contributed by atoms with van der Waals surface area (Å²) in [6.07, 6.45) is 11.6. The highest BCUT2D eigenvalue weighted by molar-refractivity contribution is 5.91. The second kappa shape index (κ2) is 5.58.